The standard InChI is InChI=1S/C16H24N2O2/c1-12-5-6-13-14(11-12)18(8-7-17(2)3)16-15(13)19-9-4-10-20-16/h6,11-12H,4-5,7-10H2,1-3H3. The highest BCUT2D eigenvalue weighted by Gasteiger charge is 2.22. The first-order valence-corrected chi connectivity index (χ1v) is 7.51. The van der Waals surface area contributed by atoms with Gasteiger partial charge in [-0.1, -0.05) is 19.1 Å². The van der Waals surface area contributed by atoms with E-state index in [0.29, 0.717) is 5.92 Å². The van der Waals surface area contributed by atoms with Crippen LogP contribution in [0.3, 0.4) is 0 Å². The molecule has 20 heavy (non-hydrogen) atoms. The van der Waals surface area contributed by atoms with Crippen molar-refractivity contribution in [3.05, 3.63) is 10.6 Å². The van der Waals surface area contributed by atoms with Gasteiger partial charge in [0.15, 0.2) is 5.75 Å². The fourth-order valence-corrected chi connectivity index (χ4v) is 2.83. The molecule has 4 heteroatoms. The third-order valence-corrected chi connectivity index (χ3v) is 3.93. The van der Waals surface area contributed by atoms with E-state index in [1.54, 1.807) is 0 Å². The van der Waals surface area contributed by atoms with Gasteiger partial charge >= 0.3 is 0 Å². The maximum atomic E-state index is 5.98. The second kappa shape index (κ2) is 5.52. The third-order valence-electron chi connectivity index (χ3n) is 3.93. The summed E-state index contributed by atoms with van der Waals surface area (Å²) >= 11 is 0. The van der Waals surface area contributed by atoms with Crippen molar-refractivity contribution in [3.63, 3.8) is 0 Å². The number of aromatic nitrogens is 1. The Labute approximate surface area is 120 Å². The second-order valence-corrected chi connectivity index (χ2v) is 6.02. The normalized spacial score (nSPS) is 20.9. The zero-order valence-corrected chi connectivity index (χ0v) is 12.7. The van der Waals surface area contributed by atoms with Crippen LogP contribution in [0.15, 0.2) is 0 Å². The molecule has 2 aliphatic rings. The molecular formula is C16H24N2O2. The van der Waals surface area contributed by atoms with E-state index in [1.807, 2.05) is 0 Å². The summed E-state index contributed by atoms with van der Waals surface area (Å²) in [6, 6.07) is 0. The van der Waals surface area contributed by atoms with E-state index in [2.05, 4.69) is 42.6 Å². The SMILES string of the molecule is CC1C=c2c(c3c(n2CCN(C)C)OCCCO3)=CC1. The van der Waals surface area contributed by atoms with Crippen LogP contribution in [0.2, 0.25) is 0 Å². The summed E-state index contributed by atoms with van der Waals surface area (Å²) in [7, 11) is 4.20. The van der Waals surface area contributed by atoms with Gasteiger partial charge in [-0.2, -0.15) is 0 Å². The molecule has 0 aromatic carbocycles. The Hall–Kier alpha value is -1.42. The molecule has 0 N–H and O–H groups in total. The highest BCUT2D eigenvalue weighted by atomic mass is 16.5. The topological polar surface area (TPSA) is 26.6 Å². The average Bonchev–Trinajstić information content (AvgIpc) is 2.57. The zero-order chi connectivity index (χ0) is 14.1. The number of nitrogens with zero attached hydrogens (tertiary/aromatic N) is 2. The quantitative estimate of drug-likeness (QED) is 0.817. The van der Waals surface area contributed by atoms with Gasteiger partial charge in [0.1, 0.15) is 0 Å². The minimum atomic E-state index is 0.583. The van der Waals surface area contributed by atoms with Gasteiger partial charge in [-0.05, 0) is 26.4 Å². The van der Waals surface area contributed by atoms with Crippen molar-refractivity contribution in [3.8, 4) is 11.6 Å². The van der Waals surface area contributed by atoms with E-state index in [4.69, 9.17) is 9.47 Å². The fraction of sp³-hybridized carbons (Fsp3) is 0.625. The van der Waals surface area contributed by atoms with Crippen LogP contribution in [0.1, 0.15) is 19.8 Å². The molecule has 0 radical (unpaired) electrons. The molecule has 0 fully saturated rings. The molecule has 1 unspecified atom stereocenters. The zero-order valence-electron chi connectivity index (χ0n) is 12.7. The number of hydrogen-bond acceptors (Lipinski definition) is 3. The molecule has 4 nitrogen and oxygen atoms in total. The summed E-state index contributed by atoms with van der Waals surface area (Å²) < 4.78 is 14.2. The average molecular weight is 276 g/mol. The van der Waals surface area contributed by atoms with Crippen molar-refractivity contribution in [2.45, 2.75) is 26.3 Å². The monoisotopic (exact) mass is 276 g/mol. The first kappa shape index (κ1) is 13.6. The Bertz CT molecular complexity index is 601. The molecular weight excluding hydrogens is 252 g/mol. The van der Waals surface area contributed by atoms with Crippen molar-refractivity contribution >= 4 is 12.2 Å². The van der Waals surface area contributed by atoms with Gasteiger partial charge in [-0.3, -0.25) is 0 Å². The van der Waals surface area contributed by atoms with Crippen LogP contribution < -0.4 is 20.0 Å². The Balaban J connectivity index is 2.11. The molecule has 0 spiro atoms. The van der Waals surface area contributed by atoms with Crippen molar-refractivity contribution in [2.24, 2.45) is 5.92 Å². The van der Waals surface area contributed by atoms with E-state index in [-0.39, 0.29) is 0 Å². The van der Waals surface area contributed by atoms with Crippen molar-refractivity contribution in [1.29, 1.82) is 0 Å². The van der Waals surface area contributed by atoms with Crippen LogP contribution in [-0.4, -0.2) is 43.3 Å². The maximum absolute atomic E-state index is 5.98. The minimum absolute atomic E-state index is 0.583. The van der Waals surface area contributed by atoms with Crippen LogP contribution in [0, 0.1) is 5.92 Å². The smallest absolute Gasteiger partial charge is 0.238 e. The molecule has 1 aromatic rings. The largest absolute Gasteiger partial charge is 0.487 e. The summed E-state index contributed by atoms with van der Waals surface area (Å²) in [6.45, 7) is 5.69. The molecule has 110 valence electrons. The highest BCUT2D eigenvalue weighted by Crippen LogP contribution is 2.26. The first-order valence-electron chi connectivity index (χ1n) is 7.51. The Morgan fingerprint density at radius 2 is 2.10 bits per heavy atom. The van der Waals surface area contributed by atoms with E-state index >= 15 is 0 Å². The summed E-state index contributed by atoms with van der Waals surface area (Å²) in [5.41, 5.74) is 0. The van der Waals surface area contributed by atoms with Crippen molar-refractivity contribution in [2.75, 3.05) is 33.9 Å². The molecule has 1 aromatic heterocycles. The molecule has 0 saturated carbocycles. The van der Waals surface area contributed by atoms with Crippen LogP contribution >= 0.6 is 0 Å². The molecule has 3 rings (SSSR count). The number of rotatable bonds is 3. The van der Waals surface area contributed by atoms with Gasteiger partial charge in [0.05, 0.1) is 18.6 Å². The van der Waals surface area contributed by atoms with Crippen LogP contribution in [0.25, 0.3) is 12.2 Å². The van der Waals surface area contributed by atoms with Crippen LogP contribution in [0.4, 0.5) is 0 Å². The summed E-state index contributed by atoms with van der Waals surface area (Å²) in [5.74, 6) is 2.47. The van der Waals surface area contributed by atoms with E-state index in [1.165, 1.54) is 10.6 Å². The van der Waals surface area contributed by atoms with Gasteiger partial charge in [-0.15, -0.1) is 0 Å². The highest BCUT2D eigenvalue weighted by molar-refractivity contribution is 5.50. The van der Waals surface area contributed by atoms with Crippen LogP contribution in [0.5, 0.6) is 11.6 Å². The molecule has 0 saturated heterocycles. The third kappa shape index (κ3) is 2.44. The minimum Gasteiger partial charge on any atom is -0.487 e. The van der Waals surface area contributed by atoms with E-state index < -0.39 is 0 Å². The molecule has 2 heterocycles. The summed E-state index contributed by atoms with van der Waals surface area (Å²) in [4.78, 5) is 2.20. The lowest BCUT2D eigenvalue weighted by molar-refractivity contribution is 0.277. The molecule has 1 aliphatic heterocycles. The Morgan fingerprint density at radius 3 is 2.90 bits per heavy atom. The fourth-order valence-electron chi connectivity index (χ4n) is 2.83. The number of fused-ring (bicyclic) bond motifs is 3. The van der Waals surface area contributed by atoms with Crippen LogP contribution in [-0.2, 0) is 6.54 Å². The predicted molar refractivity (Wildman–Crippen MR) is 80.6 cm³/mol. The maximum Gasteiger partial charge on any atom is 0.238 e. The van der Waals surface area contributed by atoms with Gasteiger partial charge in [0, 0.05) is 24.7 Å². The van der Waals surface area contributed by atoms with Gasteiger partial charge in [0.25, 0.3) is 0 Å². The predicted octanol–water partition coefficient (Wildman–Crippen LogP) is 0.812. The van der Waals surface area contributed by atoms with Crippen molar-refractivity contribution in [1.82, 2.24) is 9.47 Å². The molecule has 0 amide bonds. The Kier molecular flexibility index (Phi) is 3.74. The van der Waals surface area contributed by atoms with Gasteiger partial charge in [0.2, 0.25) is 5.88 Å². The van der Waals surface area contributed by atoms with E-state index in [9.17, 15) is 0 Å². The second-order valence-electron chi connectivity index (χ2n) is 6.02. The lowest BCUT2D eigenvalue weighted by Gasteiger charge is -2.14. The molecule has 1 aliphatic carbocycles. The van der Waals surface area contributed by atoms with Crippen molar-refractivity contribution < 1.29 is 9.47 Å². The Morgan fingerprint density at radius 1 is 1.30 bits per heavy atom. The summed E-state index contributed by atoms with van der Waals surface area (Å²) in [6.07, 6.45) is 6.70. The lowest BCUT2D eigenvalue weighted by atomic mass is 10.0. The summed E-state index contributed by atoms with van der Waals surface area (Å²) in [5, 5.41) is 2.51. The number of likely N-dealkylation sites (N-methyl/N-ethyl adjacent to an activating group) is 1. The molecule has 0 bridgehead atoms. The lowest BCUT2D eigenvalue weighted by Crippen LogP contribution is -2.35. The van der Waals surface area contributed by atoms with E-state index in [0.717, 1.165) is 50.8 Å². The number of ether oxygens (including phenoxy) is 2. The van der Waals surface area contributed by atoms with Gasteiger partial charge in [-0.25, -0.2) is 0 Å². The number of hydrogen-bond donors (Lipinski definition) is 0. The first-order chi connectivity index (χ1) is 9.66. The molecule has 1 atom stereocenters. The van der Waals surface area contributed by atoms with Gasteiger partial charge < -0.3 is 18.9 Å².